The number of ether oxygens (including phenoxy) is 2. The van der Waals surface area contributed by atoms with Gasteiger partial charge in [0.2, 0.25) is 5.91 Å². The number of hydrogen-bond acceptors (Lipinski definition) is 5. The number of nitrogens with one attached hydrogen (secondary N) is 1. The van der Waals surface area contributed by atoms with Crippen molar-refractivity contribution in [2.24, 2.45) is 0 Å². The number of imidazole rings is 1. The molecule has 4 rings (SSSR count). The molecule has 0 aliphatic carbocycles. The maximum absolute atomic E-state index is 13.3. The second-order valence-electron chi connectivity index (χ2n) is 7.02. The van der Waals surface area contributed by atoms with Crippen molar-refractivity contribution in [2.75, 3.05) is 14.2 Å². The molecule has 1 amide bonds. The first-order valence-electron chi connectivity index (χ1n) is 9.81. The Morgan fingerprint density at radius 1 is 1.06 bits per heavy atom. The van der Waals surface area contributed by atoms with E-state index >= 15 is 0 Å². The molecule has 0 unspecified atom stereocenters. The molecule has 8 nitrogen and oxygen atoms in total. The largest absolute Gasteiger partial charge is 0.497 e. The molecule has 32 heavy (non-hydrogen) atoms. The molecule has 0 aliphatic rings. The Bertz CT molecular complexity index is 1310. The molecule has 9 heteroatoms. The van der Waals surface area contributed by atoms with Gasteiger partial charge in [0.15, 0.2) is 5.65 Å². The lowest BCUT2D eigenvalue weighted by atomic mass is 10.2. The lowest BCUT2D eigenvalue weighted by molar-refractivity contribution is -0.121. The predicted molar refractivity (Wildman–Crippen MR) is 117 cm³/mol. The Kier molecular flexibility index (Phi) is 5.89. The van der Waals surface area contributed by atoms with E-state index in [0.717, 1.165) is 5.56 Å². The highest BCUT2D eigenvalue weighted by Gasteiger charge is 2.17. The molecule has 164 valence electrons. The summed E-state index contributed by atoms with van der Waals surface area (Å²) < 4.78 is 26.5. The topological polar surface area (TPSA) is 87.4 Å². The minimum Gasteiger partial charge on any atom is -0.497 e. The molecular weight excluding hydrogens is 415 g/mol. The molecule has 0 aliphatic heterocycles. The van der Waals surface area contributed by atoms with E-state index in [4.69, 9.17) is 9.47 Å². The molecule has 0 spiro atoms. The van der Waals surface area contributed by atoms with Gasteiger partial charge in [-0.3, -0.25) is 9.36 Å². The summed E-state index contributed by atoms with van der Waals surface area (Å²) >= 11 is 0. The van der Waals surface area contributed by atoms with Crippen LogP contribution in [-0.4, -0.2) is 34.2 Å². The Hall–Kier alpha value is -4.14. The molecule has 0 atom stereocenters. The first-order chi connectivity index (χ1) is 15.5. The normalized spacial score (nSPS) is 10.8. The SMILES string of the molecule is COc1cc(CNC(=O)Cn2c(=O)n(-c3ccc(F)cc3)c3ncccc32)cc(OC)c1. The smallest absolute Gasteiger partial charge is 0.335 e. The summed E-state index contributed by atoms with van der Waals surface area (Å²) in [7, 11) is 3.10. The van der Waals surface area contributed by atoms with E-state index in [9.17, 15) is 14.0 Å². The van der Waals surface area contributed by atoms with Crippen molar-refractivity contribution in [1.29, 1.82) is 0 Å². The fraction of sp³-hybridized carbons (Fsp3) is 0.174. The van der Waals surface area contributed by atoms with Crippen molar-refractivity contribution in [1.82, 2.24) is 19.4 Å². The summed E-state index contributed by atoms with van der Waals surface area (Å²) in [5.74, 6) is 0.458. The number of halogens is 1. The van der Waals surface area contributed by atoms with Crippen molar-refractivity contribution in [3.63, 3.8) is 0 Å². The second kappa shape index (κ2) is 8.93. The number of fused-ring (bicyclic) bond motifs is 1. The molecule has 4 aromatic rings. The number of hydrogen-bond donors (Lipinski definition) is 1. The fourth-order valence-electron chi connectivity index (χ4n) is 3.43. The van der Waals surface area contributed by atoms with Gasteiger partial charge in [0.1, 0.15) is 23.9 Å². The highest BCUT2D eigenvalue weighted by molar-refractivity contribution is 5.80. The van der Waals surface area contributed by atoms with Gasteiger partial charge in [-0.25, -0.2) is 18.7 Å². The van der Waals surface area contributed by atoms with Gasteiger partial charge >= 0.3 is 5.69 Å². The summed E-state index contributed by atoms with van der Waals surface area (Å²) in [6, 6.07) is 14.2. The summed E-state index contributed by atoms with van der Waals surface area (Å²) in [5, 5.41) is 2.81. The van der Waals surface area contributed by atoms with Crippen LogP contribution in [-0.2, 0) is 17.9 Å². The van der Waals surface area contributed by atoms with Crippen LogP contribution in [0.1, 0.15) is 5.56 Å². The quantitative estimate of drug-likeness (QED) is 0.481. The van der Waals surface area contributed by atoms with Gasteiger partial charge in [-0.05, 0) is 54.1 Å². The summed E-state index contributed by atoms with van der Waals surface area (Å²) in [6.45, 7) is 0.0340. The number of benzene rings is 2. The summed E-state index contributed by atoms with van der Waals surface area (Å²) in [5.41, 5.74) is 1.69. The Morgan fingerprint density at radius 2 is 1.75 bits per heavy atom. The van der Waals surface area contributed by atoms with Crippen LogP contribution in [0.4, 0.5) is 4.39 Å². The van der Waals surface area contributed by atoms with Crippen LogP contribution in [0.5, 0.6) is 11.5 Å². The molecule has 2 aromatic carbocycles. The zero-order chi connectivity index (χ0) is 22.7. The van der Waals surface area contributed by atoms with E-state index < -0.39 is 11.5 Å². The number of pyridine rings is 1. The Labute approximate surface area is 182 Å². The van der Waals surface area contributed by atoms with Crippen LogP contribution in [0, 0.1) is 5.82 Å². The number of methoxy groups -OCH3 is 2. The van der Waals surface area contributed by atoms with Crippen LogP contribution in [0.25, 0.3) is 16.9 Å². The van der Waals surface area contributed by atoms with Crippen molar-refractivity contribution in [3.05, 3.63) is 82.7 Å². The predicted octanol–water partition coefficient (Wildman–Crippen LogP) is 2.66. The lowest BCUT2D eigenvalue weighted by Crippen LogP contribution is -2.32. The highest BCUT2D eigenvalue weighted by Crippen LogP contribution is 2.22. The third-order valence-corrected chi connectivity index (χ3v) is 4.98. The molecular formula is C23H21FN4O4. The molecule has 0 fully saturated rings. The van der Waals surface area contributed by atoms with Crippen LogP contribution in [0.2, 0.25) is 0 Å². The zero-order valence-corrected chi connectivity index (χ0v) is 17.5. The first kappa shape index (κ1) is 21.1. The number of rotatable bonds is 7. The van der Waals surface area contributed by atoms with E-state index in [1.54, 1.807) is 50.7 Å². The molecule has 2 heterocycles. The van der Waals surface area contributed by atoms with Crippen LogP contribution in [0.15, 0.2) is 65.6 Å². The van der Waals surface area contributed by atoms with Gasteiger partial charge in [0, 0.05) is 18.8 Å². The minimum absolute atomic E-state index is 0.198. The summed E-state index contributed by atoms with van der Waals surface area (Å²) in [6.07, 6.45) is 1.56. The molecule has 0 saturated heterocycles. The molecule has 1 N–H and O–H groups in total. The molecule has 0 saturated carbocycles. The second-order valence-corrected chi connectivity index (χ2v) is 7.02. The van der Waals surface area contributed by atoms with Crippen molar-refractivity contribution in [3.8, 4) is 17.2 Å². The van der Waals surface area contributed by atoms with Gasteiger partial charge < -0.3 is 14.8 Å². The molecule has 0 radical (unpaired) electrons. The minimum atomic E-state index is -0.441. The van der Waals surface area contributed by atoms with Gasteiger partial charge in [-0.2, -0.15) is 0 Å². The average molecular weight is 436 g/mol. The maximum atomic E-state index is 13.3. The van der Waals surface area contributed by atoms with Crippen LogP contribution >= 0.6 is 0 Å². The number of aromatic nitrogens is 3. The number of carbonyl (C=O) groups is 1. The van der Waals surface area contributed by atoms with Crippen molar-refractivity contribution >= 4 is 17.1 Å². The monoisotopic (exact) mass is 436 g/mol. The molecule has 2 aromatic heterocycles. The average Bonchev–Trinajstić information content (AvgIpc) is 3.09. The highest BCUT2D eigenvalue weighted by atomic mass is 19.1. The van der Waals surface area contributed by atoms with Gasteiger partial charge in [-0.15, -0.1) is 0 Å². The third-order valence-electron chi connectivity index (χ3n) is 4.98. The number of nitrogens with zero attached hydrogens (tertiary/aromatic N) is 3. The fourth-order valence-corrected chi connectivity index (χ4v) is 3.43. The van der Waals surface area contributed by atoms with E-state index in [0.29, 0.717) is 28.4 Å². The van der Waals surface area contributed by atoms with E-state index in [1.165, 1.54) is 33.4 Å². The number of amides is 1. The van der Waals surface area contributed by atoms with E-state index in [1.807, 2.05) is 0 Å². The third kappa shape index (κ3) is 4.18. The standard InChI is InChI=1S/C23H21FN4O4/c1-31-18-10-15(11-19(12-18)32-2)13-26-21(29)14-27-20-4-3-9-25-22(20)28(23(27)30)17-7-5-16(24)6-8-17/h3-12H,13-14H2,1-2H3,(H,26,29). The lowest BCUT2D eigenvalue weighted by Gasteiger charge is -2.10. The maximum Gasteiger partial charge on any atom is 0.335 e. The number of carbonyl (C=O) groups excluding carboxylic acids is 1. The van der Waals surface area contributed by atoms with Crippen LogP contribution in [0.3, 0.4) is 0 Å². The Morgan fingerprint density at radius 3 is 2.41 bits per heavy atom. The van der Waals surface area contributed by atoms with E-state index in [-0.39, 0.29) is 19.0 Å². The summed E-state index contributed by atoms with van der Waals surface area (Å²) in [4.78, 5) is 30.1. The van der Waals surface area contributed by atoms with Crippen molar-refractivity contribution < 1.29 is 18.7 Å². The van der Waals surface area contributed by atoms with Gasteiger partial charge in [0.25, 0.3) is 0 Å². The van der Waals surface area contributed by atoms with Crippen LogP contribution < -0.4 is 20.5 Å². The first-order valence-corrected chi connectivity index (χ1v) is 9.81. The van der Waals surface area contributed by atoms with Gasteiger partial charge in [-0.1, -0.05) is 0 Å². The van der Waals surface area contributed by atoms with Crippen molar-refractivity contribution in [2.45, 2.75) is 13.1 Å². The molecule has 0 bridgehead atoms. The Balaban J connectivity index is 1.60. The van der Waals surface area contributed by atoms with E-state index in [2.05, 4.69) is 10.3 Å². The zero-order valence-electron chi connectivity index (χ0n) is 17.5. The van der Waals surface area contributed by atoms with Gasteiger partial charge in [0.05, 0.1) is 25.4 Å².